The molecular weight excluding hydrogens is 346 g/mol. The maximum Gasteiger partial charge on any atom is 0.313 e. The largest absolute Gasteiger partial charge is 0.496 e. The smallest absolute Gasteiger partial charge is 0.313 e. The van der Waals surface area contributed by atoms with Crippen LogP contribution >= 0.6 is 0 Å². The average molecular weight is 371 g/mol. The number of methoxy groups -OCH3 is 1. The van der Waals surface area contributed by atoms with E-state index in [1.165, 1.54) is 32.8 Å². The Kier molecular flexibility index (Phi) is 6.11. The Morgan fingerprint density at radius 3 is 2.67 bits per heavy atom. The zero-order chi connectivity index (χ0) is 19.2. The van der Waals surface area contributed by atoms with Crippen molar-refractivity contribution in [1.29, 1.82) is 0 Å². The molecular formula is C20H25N3O4. The first kappa shape index (κ1) is 18.9. The van der Waals surface area contributed by atoms with Gasteiger partial charge in [-0.1, -0.05) is 19.3 Å². The molecule has 144 valence electrons. The summed E-state index contributed by atoms with van der Waals surface area (Å²) in [5, 5.41) is 5.45. The molecule has 1 aromatic heterocycles. The van der Waals surface area contributed by atoms with Crippen LogP contribution in [0.15, 0.2) is 35.2 Å². The first-order chi connectivity index (χ1) is 13.1. The topological polar surface area (TPSA) is 93.5 Å². The average Bonchev–Trinajstić information content (AvgIpc) is 3.23. The van der Waals surface area contributed by atoms with Crippen molar-refractivity contribution in [2.75, 3.05) is 12.4 Å². The quantitative estimate of drug-likeness (QED) is 0.786. The van der Waals surface area contributed by atoms with Crippen LogP contribution in [0.25, 0.3) is 11.3 Å². The van der Waals surface area contributed by atoms with Crippen LogP contribution in [0.1, 0.15) is 39.0 Å². The van der Waals surface area contributed by atoms with Gasteiger partial charge < -0.3 is 19.8 Å². The number of nitrogens with one attached hydrogen (secondary N) is 2. The number of anilines is 1. The Morgan fingerprint density at radius 1 is 1.22 bits per heavy atom. The number of aromatic nitrogens is 1. The van der Waals surface area contributed by atoms with Crippen LogP contribution < -0.4 is 15.4 Å². The van der Waals surface area contributed by atoms with E-state index in [2.05, 4.69) is 15.6 Å². The molecule has 1 aliphatic rings. The highest BCUT2D eigenvalue weighted by atomic mass is 16.5. The molecule has 1 aliphatic carbocycles. The summed E-state index contributed by atoms with van der Waals surface area (Å²) in [6.07, 6.45) is 8.75. The van der Waals surface area contributed by atoms with Crippen molar-refractivity contribution >= 4 is 17.5 Å². The number of hydrogen-bond acceptors (Lipinski definition) is 5. The third-order valence-corrected chi connectivity index (χ3v) is 5.08. The van der Waals surface area contributed by atoms with Gasteiger partial charge in [0.05, 0.1) is 18.9 Å². The van der Waals surface area contributed by atoms with E-state index in [9.17, 15) is 9.59 Å². The Bertz CT molecular complexity index is 783. The van der Waals surface area contributed by atoms with Crippen molar-refractivity contribution < 1.29 is 18.7 Å². The lowest BCUT2D eigenvalue weighted by Gasteiger charge is -2.28. The van der Waals surface area contributed by atoms with Gasteiger partial charge in [-0.05, 0) is 37.8 Å². The number of amides is 2. The number of carbonyl (C=O) groups is 2. The fourth-order valence-electron chi connectivity index (χ4n) is 3.53. The van der Waals surface area contributed by atoms with Gasteiger partial charge in [0.2, 0.25) is 0 Å². The molecule has 1 atom stereocenters. The van der Waals surface area contributed by atoms with Crippen molar-refractivity contribution in [1.82, 2.24) is 10.3 Å². The lowest BCUT2D eigenvalue weighted by atomic mass is 9.84. The monoisotopic (exact) mass is 371 g/mol. The highest BCUT2D eigenvalue weighted by molar-refractivity contribution is 6.39. The van der Waals surface area contributed by atoms with Gasteiger partial charge in [-0.3, -0.25) is 9.59 Å². The van der Waals surface area contributed by atoms with Crippen molar-refractivity contribution in [3.8, 4) is 17.1 Å². The van der Waals surface area contributed by atoms with Gasteiger partial charge in [0, 0.05) is 17.8 Å². The summed E-state index contributed by atoms with van der Waals surface area (Å²) in [5.41, 5.74) is 1.18. The third kappa shape index (κ3) is 4.67. The Morgan fingerprint density at radius 2 is 2.00 bits per heavy atom. The maximum atomic E-state index is 12.3. The molecule has 0 radical (unpaired) electrons. The molecule has 7 nitrogen and oxygen atoms in total. The van der Waals surface area contributed by atoms with Crippen molar-refractivity contribution in [2.24, 2.45) is 5.92 Å². The van der Waals surface area contributed by atoms with Gasteiger partial charge >= 0.3 is 11.8 Å². The van der Waals surface area contributed by atoms with Crippen LogP contribution in [0, 0.1) is 5.92 Å². The van der Waals surface area contributed by atoms with E-state index in [1.807, 2.05) is 6.92 Å². The zero-order valence-electron chi connectivity index (χ0n) is 15.7. The zero-order valence-corrected chi connectivity index (χ0v) is 15.7. The van der Waals surface area contributed by atoms with Crippen molar-refractivity contribution in [3.63, 3.8) is 0 Å². The molecule has 1 heterocycles. The van der Waals surface area contributed by atoms with Crippen molar-refractivity contribution in [3.05, 3.63) is 30.8 Å². The fourth-order valence-corrected chi connectivity index (χ4v) is 3.53. The maximum absolute atomic E-state index is 12.3. The standard InChI is InChI=1S/C20H25N3O4/c1-13(14-6-4-3-5-7-14)22-19(24)20(25)23-15-8-9-16(17(10-15)26-2)18-11-21-12-27-18/h8-14H,3-7H2,1-2H3,(H,22,24)(H,23,25)/t13-/m1/s1. The predicted molar refractivity (Wildman–Crippen MR) is 101 cm³/mol. The Labute approximate surface area is 158 Å². The van der Waals surface area contributed by atoms with E-state index in [4.69, 9.17) is 9.15 Å². The molecule has 0 bridgehead atoms. The molecule has 1 aromatic carbocycles. The van der Waals surface area contributed by atoms with Gasteiger partial charge in [-0.25, -0.2) is 4.98 Å². The molecule has 0 saturated heterocycles. The summed E-state index contributed by atoms with van der Waals surface area (Å²) in [7, 11) is 1.53. The Hall–Kier alpha value is -2.83. The van der Waals surface area contributed by atoms with Crippen LogP contribution in [-0.4, -0.2) is 29.9 Å². The van der Waals surface area contributed by atoms with Gasteiger partial charge in [-0.2, -0.15) is 0 Å². The van der Waals surface area contributed by atoms with E-state index >= 15 is 0 Å². The van der Waals surface area contributed by atoms with E-state index in [-0.39, 0.29) is 6.04 Å². The molecule has 0 aliphatic heterocycles. The highest BCUT2D eigenvalue weighted by Crippen LogP contribution is 2.32. The summed E-state index contributed by atoms with van der Waals surface area (Å²) < 4.78 is 10.6. The number of carbonyl (C=O) groups excluding carboxylic acids is 2. The second kappa shape index (κ2) is 8.70. The summed E-state index contributed by atoms with van der Waals surface area (Å²) in [6, 6.07) is 5.08. The van der Waals surface area contributed by atoms with E-state index < -0.39 is 11.8 Å². The number of oxazole rings is 1. The summed E-state index contributed by atoms with van der Waals surface area (Å²) in [6.45, 7) is 1.97. The van der Waals surface area contributed by atoms with Crippen molar-refractivity contribution in [2.45, 2.75) is 45.1 Å². The molecule has 3 rings (SSSR count). The third-order valence-electron chi connectivity index (χ3n) is 5.08. The number of benzene rings is 1. The fraction of sp³-hybridized carbons (Fsp3) is 0.450. The second-order valence-corrected chi connectivity index (χ2v) is 6.90. The Balaban J connectivity index is 1.62. The minimum absolute atomic E-state index is 0.00749. The van der Waals surface area contributed by atoms with Crippen LogP contribution in [-0.2, 0) is 9.59 Å². The van der Waals surface area contributed by atoms with Gasteiger partial charge in [0.25, 0.3) is 0 Å². The number of ether oxygens (including phenoxy) is 1. The molecule has 2 N–H and O–H groups in total. The van der Waals surface area contributed by atoms with Crippen LogP contribution in [0.2, 0.25) is 0 Å². The minimum Gasteiger partial charge on any atom is -0.496 e. The van der Waals surface area contributed by atoms with Crippen LogP contribution in [0.3, 0.4) is 0 Å². The summed E-state index contributed by atoms with van der Waals surface area (Å²) in [5.74, 6) is 0.208. The van der Waals surface area contributed by atoms with Gasteiger partial charge in [0.15, 0.2) is 12.2 Å². The molecule has 0 spiro atoms. The summed E-state index contributed by atoms with van der Waals surface area (Å²) in [4.78, 5) is 28.4. The first-order valence-corrected chi connectivity index (χ1v) is 9.27. The molecule has 27 heavy (non-hydrogen) atoms. The number of rotatable bonds is 5. The highest BCUT2D eigenvalue weighted by Gasteiger charge is 2.24. The van der Waals surface area contributed by atoms with Gasteiger partial charge in [-0.15, -0.1) is 0 Å². The molecule has 2 amide bonds. The number of hydrogen-bond donors (Lipinski definition) is 2. The molecule has 1 saturated carbocycles. The lowest BCUT2D eigenvalue weighted by molar-refractivity contribution is -0.136. The van der Waals surface area contributed by atoms with E-state index in [0.717, 1.165) is 12.8 Å². The normalized spacial score (nSPS) is 15.8. The van der Waals surface area contributed by atoms with E-state index in [0.29, 0.717) is 28.7 Å². The number of nitrogens with zero attached hydrogens (tertiary/aromatic N) is 1. The molecule has 7 heteroatoms. The second-order valence-electron chi connectivity index (χ2n) is 6.90. The van der Waals surface area contributed by atoms with Crippen LogP contribution in [0.5, 0.6) is 5.75 Å². The lowest BCUT2D eigenvalue weighted by Crippen LogP contribution is -2.44. The van der Waals surface area contributed by atoms with E-state index in [1.54, 1.807) is 24.4 Å². The van der Waals surface area contributed by atoms with Crippen LogP contribution in [0.4, 0.5) is 5.69 Å². The van der Waals surface area contributed by atoms with Gasteiger partial charge in [0.1, 0.15) is 5.75 Å². The minimum atomic E-state index is -0.688. The first-order valence-electron chi connectivity index (χ1n) is 9.27. The summed E-state index contributed by atoms with van der Waals surface area (Å²) >= 11 is 0. The predicted octanol–water partition coefficient (Wildman–Crippen LogP) is 3.37. The SMILES string of the molecule is COc1cc(NC(=O)C(=O)N[C@H](C)C2CCCCC2)ccc1-c1cnco1. The molecule has 1 fully saturated rings. The molecule has 2 aromatic rings. The molecule has 0 unspecified atom stereocenters.